The minimum atomic E-state index is -0.812. The SMILES string of the molecule is CCOc1cc([C@H]2[C@H]3CCCC[C@]3(O)CCN2C(=O)c2ccc(OC)cc2OC)ccc1O. The first kappa shape index (κ1) is 23.2. The summed E-state index contributed by atoms with van der Waals surface area (Å²) in [5, 5.41) is 21.8. The van der Waals surface area contributed by atoms with Gasteiger partial charge in [-0.1, -0.05) is 18.9 Å². The van der Waals surface area contributed by atoms with Crippen LogP contribution in [0.2, 0.25) is 0 Å². The highest BCUT2D eigenvalue weighted by Gasteiger charge is 2.50. The molecule has 1 aliphatic heterocycles. The van der Waals surface area contributed by atoms with Crippen LogP contribution in [0, 0.1) is 5.92 Å². The molecule has 1 heterocycles. The second kappa shape index (κ2) is 9.51. The smallest absolute Gasteiger partial charge is 0.258 e. The molecule has 0 radical (unpaired) electrons. The predicted molar refractivity (Wildman–Crippen MR) is 124 cm³/mol. The van der Waals surface area contributed by atoms with Crippen LogP contribution in [0.25, 0.3) is 0 Å². The summed E-state index contributed by atoms with van der Waals surface area (Å²) in [6.07, 6.45) is 4.09. The number of methoxy groups -OCH3 is 2. The first-order chi connectivity index (χ1) is 15.9. The van der Waals surface area contributed by atoms with Crippen molar-refractivity contribution in [3.63, 3.8) is 0 Å². The van der Waals surface area contributed by atoms with Crippen molar-refractivity contribution in [2.24, 2.45) is 5.92 Å². The van der Waals surface area contributed by atoms with Crippen LogP contribution in [0.5, 0.6) is 23.0 Å². The Morgan fingerprint density at radius 2 is 1.91 bits per heavy atom. The number of aliphatic hydroxyl groups is 1. The van der Waals surface area contributed by atoms with Crippen molar-refractivity contribution in [1.29, 1.82) is 0 Å². The molecule has 3 atom stereocenters. The molecule has 2 fully saturated rings. The molecular weight excluding hydrogens is 422 g/mol. The fourth-order valence-electron chi connectivity index (χ4n) is 5.44. The summed E-state index contributed by atoms with van der Waals surface area (Å²) in [6, 6.07) is 10.1. The highest BCUT2D eigenvalue weighted by atomic mass is 16.5. The number of hydrogen-bond acceptors (Lipinski definition) is 6. The molecule has 178 valence electrons. The van der Waals surface area contributed by atoms with E-state index in [9.17, 15) is 15.0 Å². The predicted octanol–water partition coefficient (Wildman–Crippen LogP) is 4.32. The van der Waals surface area contributed by atoms with Gasteiger partial charge in [-0.3, -0.25) is 4.79 Å². The molecule has 2 aromatic rings. The zero-order valence-electron chi connectivity index (χ0n) is 19.5. The van der Waals surface area contributed by atoms with Crippen LogP contribution in [-0.4, -0.2) is 54.0 Å². The number of fused-ring (bicyclic) bond motifs is 1. The molecule has 0 bridgehead atoms. The van der Waals surface area contributed by atoms with Crippen molar-refractivity contribution in [2.45, 2.75) is 50.7 Å². The molecule has 0 aromatic heterocycles. The zero-order chi connectivity index (χ0) is 23.6. The Labute approximate surface area is 194 Å². The van der Waals surface area contributed by atoms with Gasteiger partial charge in [0.05, 0.1) is 38.0 Å². The summed E-state index contributed by atoms with van der Waals surface area (Å²) in [6.45, 7) is 2.70. The van der Waals surface area contributed by atoms with Crippen molar-refractivity contribution in [1.82, 2.24) is 4.90 Å². The Morgan fingerprint density at radius 1 is 1.09 bits per heavy atom. The number of benzene rings is 2. The van der Waals surface area contributed by atoms with Crippen LogP contribution in [0.3, 0.4) is 0 Å². The number of rotatable bonds is 6. The molecular formula is C26H33NO6. The first-order valence-corrected chi connectivity index (χ1v) is 11.6. The van der Waals surface area contributed by atoms with E-state index in [1.807, 2.05) is 17.9 Å². The summed E-state index contributed by atoms with van der Waals surface area (Å²) in [7, 11) is 3.11. The monoisotopic (exact) mass is 455 g/mol. The van der Waals surface area contributed by atoms with E-state index in [0.717, 1.165) is 31.2 Å². The number of phenols is 1. The number of ether oxygens (including phenoxy) is 3. The molecule has 1 saturated heterocycles. The van der Waals surface area contributed by atoms with Crippen molar-refractivity contribution in [3.8, 4) is 23.0 Å². The molecule has 2 aromatic carbocycles. The van der Waals surface area contributed by atoms with Gasteiger partial charge in [0.15, 0.2) is 11.5 Å². The van der Waals surface area contributed by atoms with Gasteiger partial charge >= 0.3 is 0 Å². The summed E-state index contributed by atoms with van der Waals surface area (Å²) in [4.78, 5) is 15.7. The lowest BCUT2D eigenvalue weighted by Gasteiger charge is -2.52. The summed E-state index contributed by atoms with van der Waals surface area (Å²) in [5.74, 6) is 1.24. The first-order valence-electron chi connectivity index (χ1n) is 11.6. The van der Waals surface area contributed by atoms with Crippen molar-refractivity contribution in [3.05, 3.63) is 47.5 Å². The summed E-state index contributed by atoms with van der Waals surface area (Å²) in [5.41, 5.74) is 0.489. The Morgan fingerprint density at radius 3 is 2.64 bits per heavy atom. The second-order valence-corrected chi connectivity index (χ2v) is 8.88. The fraction of sp³-hybridized carbons (Fsp3) is 0.500. The molecule has 1 amide bonds. The number of likely N-dealkylation sites (tertiary alicyclic amines) is 1. The normalized spacial score (nSPS) is 24.7. The number of hydrogen-bond donors (Lipinski definition) is 2. The fourth-order valence-corrected chi connectivity index (χ4v) is 5.44. The average molecular weight is 456 g/mol. The second-order valence-electron chi connectivity index (χ2n) is 8.88. The van der Waals surface area contributed by atoms with Crippen molar-refractivity contribution < 1.29 is 29.2 Å². The topological polar surface area (TPSA) is 88.5 Å². The van der Waals surface area contributed by atoms with E-state index in [1.54, 1.807) is 37.4 Å². The lowest BCUT2D eigenvalue weighted by Crippen LogP contribution is -2.56. The van der Waals surface area contributed by atoms with E-state index >= 15 is 0 Å². The van der Waals surface area contributed by atoms with Crippen molar-refractivity contribution in [2.75, 3.05) is 27.4 Å². The largest absolute Gasteiger partial charge is 0.504 e. The van der Waals surface area contributed by atoms with Gasteiger partial charge in [0.2, 0.25) is 0 Å². The molecule has 4 rings (SSSR count). The van der Waals surface area contributed by atoms with Crippen LogP contribution < -0.4 is 14.2 Å². The number of carbonyl (C=O) groups excluding carboxylic acids is 1. The molecule has 0 unspecified atom stereocenters. The molecule has 2 aliphatic rings. The molecule has 2 N–H and O–H groups in total. The molecule has 7 nitrogen and oxygen atoms in total. The third-order valence-corrected chi connectivity index (χ3v) is 7.09. The van der Waals surface area contributed by atoms with Gasteiger partial charge in [-0.15, -0.1) is 0 Å². The standard InChI is InChI=1S/C26H33NO6/c1-4-33-23-15-17(8-11-21(23)28)24-20-7-5-6-12-26(20,30)13-14-27(24)25(29)19-10-9-18(31-2)16-22(19)32-3/h8-11,15-16,20,24,28,30H,4-7,12-14H2,1-3H3/t20-,24+,26+/m1/s1. The zero-order valence-corrected chi connectivity index (χ0v) is 19.5. The third-order valence-electron chi connectivity index (χ3n) is 7.09. The quantitative estimate of drug-likeness (QED) is 0.675. The van der Waals surface area contributed by atoms with E-state index in [0.29, 0.717) is 42.4 Å². The number of aromatic hydroxyl groups is 1. The Balaban J connectivity index is 1.78. The maximum Gasteiger partial charge on any atom is 0.258 e. The van der Waals surface area contributed by atoms with E-state index in [1.165, 1.54) is 7.11 Å². The van der Waals surface area contributed by atoms with E-state index < -0.39 is 5.60 Å². The van der Waals surface area contributed by atoms with Gasteiger partial charge in [-0.25, -0.2) is 0 Å². The lowest BCUT2D eigenvalue weighted by atomic mass is 9.66. The summed E-state index contributed by atoms with van der Waals surface area (Å²) >= 11 is 0. The number of carbonyl (C=O) groups is 1. The van der Waals surface area contributed by atoms with Crippen LogP contribution in [0.4, 0.5) is 0 Å². The van der Waals surface area contributed by atoms with Gasteiger partial charge in [-0.2, -0.15) is 0 Å². The number of phenolic OH excluding ortho intramolecular Hbond substituents is 1. The molecule has 0 spiro atoms. The third kappa shape index (κ3) is 4.34. The Kier molecular flexibility index (Phi) is 6.70. The van der Waals surface area contributed by atoms with E-state index in [-0.39, 0.29) is 23.6 Å². The highest BCUT2D eigenvalue weighted by Crippen LogP contribution is 2.50. The van der Waals surface area contributed by atoms with Crippen LogP contribution in [-0.2, 0) is 0 Å². The summed E-state index contributed by atoms with van der Waals surface area (Å²) < 4.78 is 16.4. The Bertz CT molecular complexity index is 1010. The average Bonchev–Trinajstić information content (AvgIpc) is 2.83. The maximum absolute atomic E-state index is 13.9. The number of nitrogens with zero attached hydrogens (tertiary/aromatic N) is 1. The number of amides is 1. The van der Waals surface area contributed by atoms with Gasteiger partial charge in [0.1, 0.15) is 11.5 Å². The highest BCUT2D eigenvalue weighted by molar-refractivity contribution is 5.97. The minimum Gasteiger partial charge on any atom is -0.504 e. The lowest BCUT2D eigenvalue weighted by molar-refractivity contribution is -0.115. The van der Waals surface area contributed by atoms with Gasteiger partial charge in [-0.05, 0) is 56.0 Å². The maximum atomic E-state index is 13.9. The number of piperidine rings is 1. The van der Waals surface area contributed by atoms with E-state index in [4.69, 9.17) is 14.2 Å². The van der Waals surface area contributed by atoms with Crippen LogP contribution >= 0.6 is 0 Å². The molecule has 1 saturated carbocycles. The van der Waals surface area contributed by atoms with Gasteiger partial charge in [0.25, 0.3) is 5.91 Å². The van der Waals surface area contributed by atoms with Gasteiger partial charge < -0.3 is 29.3 Å². The van der Waals surface area contributed by atoms with Crippen LogP contribution in [0.15, 0.2) is 36.4 Å². The van der Waals surface area contributed by atoms with Crippen molar-refractivity contribution >= 4 is 5.91 Å². The minimum absolute atomic E-state index is 0.0602. The Hall–Kier alpha value is -2.93. The van der Waals surface area contributed by atoms with E-state index in [2.05, 4.69) is 0 Å². The molecule has 7 heteroatoms. The van der Waals surface area contributed by atoms with Gasteiger partial charge in [0, 0.05) is 18.5 Å². The molecule has 33 heavy (non-hydrogen) atoms. The molecule has 1 aliphatic carbocycles. The van der Waals surface area contributed by atoms with Crippen LogP contribution in [0.1, 0.15) is 61.0 Å².